The van der Waals surface area contributed by atoms with Gasteiger partial charge < -0.3 is 15.1 Å². The molecule has 3 heterocycles. The SMILES string of the molecule is CN=C(NCC(C)c1ccsc1)N1CCC(CN2CCCCC2)C1. The molecule has 0 saturated carbocycles. The molecule has 1 aromatic rings. The third-order valence-electron chi connectivity index (χ3n) is 5.44. The van der Waals surface area contributed by atoms with Gasteiger partial charge in [0.1, 0.15) is 0 Å². The summed E-state index contributed by atoms with van der Waals surface area (Å²) < 4.78 is 0. The molecule has 2 fully saturated rings. The van der Waals surface area contributed by atoms with E-state index in [0.29, 0.717) is 5.92 Å². The zero-order valence-corrected chi connectivity index (χ0v) is 16.0. The van der Waals surface area contributed by atoms with Crippen LogP contribution in [0, 0.1) is 5.92 Å². The van der Waals surface area contributed by atoms with Crippen molar-refractivity contribution in [2.45, 2.75) is 38.5 Å². The minimum atomic E-state index is 0.528. The standard InChI is InChI=1S/C19H32N4S/c1-16(18-7-11-24-15-18)12-21-19(20-2)23-10-6-17(14-23)13-22-8-4-3-5-9-22/h7,11,15-17H,3-6,8-10,12-14H2,1-2H3,(H,20,21). The van der Waals surface area contributed by atoms with Gasteiger partial charge in [0.25, 0.3) is 0 Å². The van der Waals surface area contributed by atoms with Crippen molar-refractivity contribution < 1.29 is 0 Å². The molecule has 1 aromatic heterocycles. The average molecular weight is 349 g/mol. The predicted molar refractivity (Wildman–Crippen MR) is 104 cm³/mol. The molecule has 1 N–H and O–H groups in total. The highest BCUT2D eigenvalue weighted by molar-refractivity contribution is 7.07. The summed E-state index contributed by atoms with van der Waals surface area (Å²) in [5.41, 5.74) is 1.42. The second-order valence-corrected chi connectivity index (χ2v) is 8.13. The van der Waals surface area contributed by atoms with Crippen LogP contribution < -0.4 is 5.32 Å². The van der Waals surface area contributed by atoms with Gasteiger partial charge in [-0.3, -0.25) is 4.99 Å². The first-order valence-corrected chi connectivity index (χ1v) is 10.4. The van der Waals surface area contributed by atoms with Gasteiger partial charge in [-0.2, -0.15) is 11.3 Å². The Bertz CT molecular complexity index is 507. The van der Waals surface area contributed by atoms with Crippen LogP contribution in [0.1, 0.15) is 44.1 Å². The van der Waals surface area contributed by atoms with Crippen LogP contribution >= 0.6 is 11.3 Å². The molecule has 0 radical (unpaired) electrons. The maximum Gasteiger partial charge on any atom is 0.193 e. The molecule has 0 aliphatic carbocycles. The number of nitrogens with zero attached hydrogens (tertiary/aromatic N) is 3. The van der Waals surface area contributed by atoms with Crippen LogP contribution in [0.4, 0.5) is 0 Å². The van der Waals surface area contributed by atoms with E-state index in [9.17, 15) is 0 Å². The van der Waals surface area contributed by atoms with Gasteiger partial charge in [0.05, 0.1) is 0 Å². The molecular formula is C19H32N4S. The third kappa shape index (κ3) is 4.73. The Hall–Kier alpha value is -1.07. The quantitative estimate of drug-likeness (QED) is 0.655. The van der Waals surface area contributed by atoms with Crippen molar-refractivity contribution in [2.75, 3.05) is 46.3 Å². The van der Waals surface area contributed by atoms with E-state index in [4.69, 9.17) is 0 Å². The van der Waals surface area contributed by atoms with Crippen molar-refractivity contribution in [3.63, 3.8) is 0 Å². The number of hydrogen-bond donors (Lipinski definition) is 1. The molecule has 3 rings (SSSR count). The summed E-state index contributed by atoms with van der Waals surface area (Å²) in [5, 5.41) is 8.00. The number of thiophene rings is 1. The van der Waals surface area contributed by atoms with E-state index in [-0.39, 0.29) is 0 Å². The minimum absolute atomic E-state index is 0.528. The van der Waals surface area contributed by atoms with Crippen molar-refractivity contribution in [1.29, 1.82) is 0 Å². The number of nitrogens with one attached hydrogen (secondary N) is 1. The second-order valence-electron chi connectivity index (χ2n) is 7.35. The molecule has 5 heteroatoms. The Labute approximate surface area is 150 Å². The predicted octanol–water partition coefficient (Wildman–Crippen LogP) is 3.23. The highest BCUT2D eigenvalue weighted by atomic mass is 32.1. The maximum absolute atomic E-state index is 4.53. The number of hydrogen-bond acceptors (Lipinski definition) is 3. The summed E-state index contributed by atoms with van der Waals surface area (Å²) in [5.74, 6) is 2.41. The molecule has 0 bridgehead atoms. The Balaban J connectivity index is 1.44. The van der Waals surface area contributed by atoms with Gasteiger partial charge in [0.15, 0.2) is 5.96 Å². The fraction of sp³-hybridized carbons (Fsp3) is 0.737. The molecule has 4 nitrogen and oxygen atoms in total. The van der Waals surface area contributed by atoms with Crippen molar-refractivity contribution in [3.8, 4) is 0 Å². The van der Waals surface area contributed by atoms with E-state index in [1.807, 2.05) is 7.05 Å². The van der Waals surface area contributed by atoms with Crippen molar-refractivity contribution in [1.82, 2.24) is 15.1 Å². The molecule has 2 saturated heterocycles. The smallest absolute Gasteiger partial charge is 0.193 e. The first kappa shape index (κ1) is 17.7. The fourth-order valence-electron chi connectivity index (χ4n) is 3.93. The topological polar surface area (TPSA) is 30.9 Å². The summed E-state index contributed by atoms with van der Waals surface area (Å²) >= 11 is 1.78. The Morgan fingerprint density at radius 1 is 1.33 bits per heavy atom. The van der Waals surface area contributed by atoms with Crippen LogP contribution in [0.15, 0.2) is 21.8 Å². The van der Waals surface area contributed by atoms with Crippen molar-refractivity contribution in [3.05, 3.63) is 22.4 Å². The van der Waals surface area contributed by atoms with Crippen molar-refractivity contribution in [2.24, 2.45) is 10.9 Å². The highest BCUT2D eigenvalue weighted by Gasteiger charge is 2.27. The molecule has 2 aliphatic rings. The largest absolute Gasteiger partial charge is 0.356 e. The Morgan fingerprint density at radius 3 is 2.88 bits per heavy atom. The normalized spacial score (nSPS) is 24.3. The van der Waals surface area contributed by atoms with Crippen LogP contribution in [0.3, 0.4) is 0 Å². The van der Waals surface area contributed by atoms with Crippen LogP contribution in [-0.4, -0.2) is 62.1 Å². The molecule has 0 aromatic carbocycles. The fourth-order valence-corrected chi connectivity index (χ4v) is 4.71. The van der Waals surface area contributed by atoms with Gasteiger partial charge in [-0.25, -0.2) is 0 Å². The van der Waals surface area contributed by atoms with Gasteiger partial charge >= 0.3 is 0 Å². The van der Waals surface area contributed by atoms with E-state index in [2.05, 4.69) is 43.9 Å². The number of rotatable bonds is 5. The molecule has 0 spiro atoms. The molecule has 2 aliphatic heterocycles. The van der Waals surface area contributed by atoms with E-state index >= 15 is 0 Å². The van der Waals surface area contributed by atoms with Gasteiger partial charge in [-0.05, 0) is 66.6 Å². The lowest BCUT2D eigenvalue weighted by Gasteiger charge is -2.29. The van der Waals surface area contributed by atoms with E-state index in [1.54, 1.807) is 11.3 Å². The monoisotopic (exact) mass is 348 g/mol. The molecule has 134 valence electrons. The van der Waals surface area contributed by atoms with Crippen molar-refractivity contribution >= 4 is 17.3 Å². The van der Waals surface area contributed by atoms with Crippen LogP contribution in [-0.2, 0) is 0 Å². The molecular weight excluding hydrogens is 316 g/mol. The van der Waals surface area contributed by atoms with Crippen LogP contribution in [0.25, 0.3) is 0 Å². The summed E-state index contributed by atoms with van der Waals surface area (Å²) in [7, 11) is 1.91. The maximum atomic E-state index is 4.53. The first-order valence-electron chi connectivity index (χ1n) is 9.46. The lowest BCUT2D eigenvalue weighted by Crippen LogP contribution is -2.42. The minimum Gasteiger partial charge on any atom is -0.356 e. The molecule has 0 amide bonds. The molecule has 2 unspecified atom stereocenters. The zero-order valence-electron chi connectivity index (χ0n) is 15.2. The van der Waals surface area contributed by atoms with Crippen LogP contribution in [0.5, 0.6) is 0 Å². The lowest BCUT2D eigenvalue weighted by atomic mass is 10.1. The van der Waals surface area contributed by atoms with Crippen LogP contribution in [0.2, 0.25) is 0 Å². The first-order chi connectivity index (χ1) is 11.8. The van der Waals surface area contributed by atoms with E-state index in [1.165, 1.54) is 50.9 Å². The number of piperidine rings is 1. The van der Waals surface area contributed by atoms with Gasteiger partial charge in [0, 0.05) is 33.2 Å². The number of likely N-dealkylation sites (tertiary alicyclic amines) is 2. The summed E-state index contributed by atoms with van der Waals surface area (Å²) in [4.78, 5) is 9.65. The van der Waals surface area contributed by atoms with Gasteiger partial charge in [0.2, 0.25) is 0 Å². The number of aliphatic imine (C=N–C) groups is 1. The molecule has 2 atom stereocenters. The average Bonchev–Trinajstić information content (AvgIpc) is 3.28. The van der Waals surface area contributed by atoms with E-state index < -0.39 is 0 Å². The second kappa shape index (κ2) is 8.86. The Morgan fingerprint density at radius 2 is 2.17 bits per heavy atom. The van der Waals surface area contributed by atoms with Gasteiger partial charge in [-0.1, -0.05) is 13.3 Å². The number of guanidine groups is 1. The lowest BCUT2D eigenvalue weighted by molar-refractivity contribution is 0.198. The highest BCUT2D eigenvalue weighted by Crippen LogP contribution is 2.21. The zero-order chi connectivity index (χ0) is 16.8. The van der Waals surface area contributed by atoms with E-state index in [0.717, 1.165) is 31.5 Å². The molecule has 24 heavy (non-hydrogen) atoms. The summed E-state index contributed by atoms with van der Waals surface area (Å²) in [6.07, 6.45) is 5.50. The summed E-state index contributed by atoms with van der Waals surface area (Å²) in [6.45, 7) is 9.43. The summed E-state index contributed by atoms with van der Waals surface area (Å²) in [6, 6.07) is 2.23. The Kier molecular flexibility index (Phi) is 6.55. The van der Waals surface area contributed by atoms with Gasteiger partial charge in [-0.15, -0.1) is 0 Å². The third-order valence-corrected chi connectivity index (χ3v) is 6.14.